The van der Waals surface area contributed by atoms with Crippen LogP contribution in [0.1, 0.15) is 0 Å². The summed E-state index contributed by atoms with van der Waals surface area (Å²) in [6, 6.07) is 14.6. The number of aliphatic imine (C=N–C) groups is 2. The second-order valence-electron chi connectivity index (χ2n) is 6.30. The van der Waals surface area contributed by atoms with E-state index in [-0.39, 0.29) is 18.4 Å². The fraction of sp³-hybridized carbons (Fsp3) is 0.211. The summed E-state index contributed by atoms with van der Waals surface area (Å²) in [5, 5.41) is 18.3. The Bertz CT molecular complexity index is 822. The molecule has 2 heterocycles. The van der Waals surface area contributed by atoms with E-state index in [2.05, 4.69) is 41.9 Å². The van der Waals surface area contributed by atoms with Gasteiger partial charge in [0.05, 0.1) is 13.1 Å². The molecule has 9 nitrogen and oxygen atoms in total. The van der Waals surface area contributed by atoms with Crippen molar-refractivity contribution in [1.29, 1.82) is 0 Å². The molecular formula is C19H23ClN8O. The molecule has 0 saturated carbocycles. The van der Waals surface area contributed by atoms with E-state index in [1.54, 1.807) is 0 Å². The number of nitrogens with one attached hydrogen (secondary N) is 6. The van der Waals surface area contributed by atoms with Crippen LogP contribution in [0.2, 0.25) is 0 Å². The Morgan fingerprint density at radius 3 is 1.41 bits per heavy atom. The van der Waals surface area contributed by atoms with Gasteiger partial charge in [0.2, 0.25) is 0 Å². The quantitative estimate of drug-likeness (QED) is 0.460. The molecule has 2 amide bonds. The molecule has 2 aromatic carbocycles. The molecule has 4 rings (SSSR count). The van der Waals surface area contributed by atoms with Gasteiger partial charge in [-0.2, -0.15) is 0 Å². The molecule has 0 aliphatic carbocycles. The van der Waals surface area contributed by atoms with E-state index in [9.17, 15) is 4.79 Å². The zero-order valence-corrected chi connectivity index (χ0v) is 16.5. The molecule has 29 heavy (non-hydrogen) atoms. The lowest BCUT2D eigenvalue weighted by atomic mass is 10.2. The maximum atomic E-state index is 12.2. The Kier molecular flexibility index (Phi) is 6.75. The second-order valence-corrected chi connectivity index (χ2v) is 6.30. The third-order valence-corrected chi connectivity index (χ3v) is 4.16. The third kappa shape index (κ3) is 5.76. The van der Waals surface area contributed by atoms with Gasteiger partial charge in [-0.25, -0.2) is 4.79 Å². The van der Waals surface area contributed by atoms with Crippen LogP contribution >= 0.6 is 12.4 Å². The van der Waals surface area contributed by atoms with Gasteiger partial charge in [-0.3, -0.25) is 9.98 Å². The van der Waals surface area contributed by atoms with Crippen LogP contribution in [0, 0.1) is 0 Å². The van der Waals surface area contributed by atoms with E-state index in [0.717, 1.165) is 49.5 Å². The first-order valence-electron chi connectivity index (χ1n) is 9.13. The standard InChI is InChI=1S/C19H22N8O.ClH/c28-19(26-15-5-1-13(2-6-15)24-17-20-9-10-21-17)27-16-7-3-14(4-8-16)25-18-22-11-12-23-18;/h1-8H,9-12H2,(H2,20,21,24)(H2,22,23,25)(H2,26,27,28);1H. The first-order valence-corrected chi connectivity index (χ1v) is 9.13. The number of nitrogens with zero attached hydrogens (tertiary/aromatic N) is 2. The van der Waals surface area contributed by atoms with E-state index >= 15 is 0 Å². The minimum Gasteiger partial charge on any atom is -0.354 e. The van der Waals surface area contributed by atoms with Crippen molar-refractivity contribution in [2.75, 3.05) is 47.4 Å². The lowest BCUT2D eigenvalue weighted by Gasteiger charge is -2.11. The fourth-order valence-electron chi connectivity index (χ4n) is 2.80. The van der Waals surface area contributed by atoms with Crippen LogP contribution in [0.15, 0.2) is 58.5 Å². The lowest BCUT2D eigenvalue weighted by molar-refractivity contribution is 0.262. The Balaban J connectivity index is 0.00000240. The number of amides is 2. The predicted molar refractivity (Wildman–Crippen MR) is 121 cm³/mol. The molecule has 6 N–H and O–H groups in total. The minimum atomic E-state index is -0.301. The van der Waals surface area contributed by atoms with Crippen LogP contribution in [-0.4, -0.2) is 44.1 Å². The maximum absolute atomic E-state index is 12.2. The number of rotatable bonds is 4. The lowest BCUT2D eigenvalue weighted by Crippen LogP contribution is -2.26. The summed E-state index contributed by atoms with van der Waals surface area (Å²) in [6.45, 7) is 3.27. The number of anilines is 4. The van der Waals surface area contributed by atoms with Crippen LogP contribution < -0.4 is 31.9 Å². The number of guanidine groups is 2. The smallest absolute Gasteiger partial charge is 0.323 e. The summed E-state index contributed by atoms with van der Waals surface area (Å²) < 4.78 is 0. The Morgan fingerprint density at radius 1 is 0.690 bits per heavy atom. The fourth-order valence-corrected chi connectivity index (χ4v) is 2.80. The van der Waals surface area contributed by atoms with Gasteiger partial charge in [-0.1, -0.05) is 0 Å². The zero-order chi connectivity index (χ0) is 19.2. The molecule has 2 aliphatic rings. The molecule has 0 radical (unpaired) electrons. The van der Waals surface area contributed by atoms with E-state index in [1.165, 1.54) is 0 Å². The van der Waals surface area contributed by atoms with Gasteiger partial charge in [-0.15, -0.1) is 12.4 Å². The van der Waals surface area contributed by atoms with Crippen molar-refractivity contribution in [2.45, 2.75) is 0 Å². The molecule has 0 atom stereocenters. The van der Waals surface area contributed by atoms with Crippen LogP contribution in [-0.2, 0) is 0 Å². The highest BCUT2D eigenvalue weighted by atomic mass is 35.5. The van der Waals surface area contributed by atoms with Crippen LogP contribution in [0.25, 0.3) is 0 Å². The van der Waals surface area contributed by atoms with Gasteiger partial charge in [0.25, 0.3) is 0 Å². The monoisotopic (exact) mass is 414 g/mol. The van der Waals surface area contributed by atoms with Gasteiger partial charge >= 0.3 is 6.03 Å². The molecule has 0 bridgehead atoms. The summed E-state index contributed by atoms with van der Waals surface area (Å²) in [5.74, 6) is 1.54. The van der Waals surface area contributed by atoms with Gasteiger partial charge in [-0.05, 0) is 48.5 Å². The van der Waals surface area contributed by atoms with Crippen LogP contribution in [0.4, 0.5) is 27.5 Å². The molecule has 152 valence electrons. The first-order chi connectivity index (χ1) is 13.7. The molecular weight excluding hydrogens is 392 g/mol. The van der Waals surface area contributed by atoms with Crippen molar-refractivity contribution in [3.8, 4) is 0 Å². The average molecular weight is 415 g/mol. The largest absolute Gasteiger partial charge is 0.354 e. The number of urea groups is 1. The van der Waals surface area contributed by atoms with Crippen molar-refractivity contribution in [3.05, 3.63) is 48.5 Å². The van der Waals surface area contributed by atoms with E-state index in [0.29, 0.717) is 11.4 Å². The Morgan fingerprint density at radius 2 is 1.07 bits per heavy atom. The maximum Gasteiger partial charge on any atom is 0.323 e. The molecule has 0 fully saturated rings. The first kappa shape index (κ1) is 20.3. The zero-order valence-electron chi connectivity index (χ0n) is 15.7. The van der Waals surface area contributed by atoms with E-state index in [1.807, 2.05) is 48.5 Å². The minimum absolute atomic E-state index is 0. The van der Waals surface area contributed by atoms with Gasteiger partial charge in [0, 0.05) is 35.8 Å². The van der Waals surface area contributed by atoms with Gasteiger partial charge in [0.1, 0.15) is 0 Å². The summed E-state index contributed by atoms with van der Waals surface area (Å²) in [7, 11) is 0. The van der Waals surface area contributed by atoms with Crippen molar-refractivity contribution >= 4 is 53.1 Å². The van der Waals surface area contributed by atoms with Crippen LogP contribution in [0.3, 0.4) is 0 Å². The normalized spacial score (nSPS) is 14.5. The number of carbonyl (C=O) groups excluding carboxylic acids is 1. The van der Waals surface area contributed by atoms with Crippen molar-refractivity contribution in [3.63, 3.8) is 0 Å². The summed E-state index contributed by atoms with van der Waals surface area (Å²) in [6.07, 6.45) is 0. The van der Waals surface area contributed by atoms with E-state index in [4.69, 9.17) is 0 Å². The molecule has 10 heteroatoms. The average Bonchev–Trinajstić information content (AvgIpc) is 3.39. The summed E-state index contributed by atoms with van der Waals surface area (Å²) in [4.78, 5) is 20.8. The van der Waals surface area contributed by atoms with Crippen molar-refractivity contribution < 1.29 is 4.79 Å². The Labute approximate surface area is 174 Å². The predicted octanol–water partition coefficient (Wildman–Crippen LogP) is 2.49. The SMILES string of the molecule is Cl.O=C(Nc1ccc(NC2=NCCN2)cc1)Nc1ccc(NC2=NCCN2)cc1. The molecule has 0 spiro atoms. The van der Waals surface area contributed by atoms with Gasteiger partial charge in [0.15, 0.2) is 11.9 Å². The molecule has 2 aliphatic heterocycles. The number of hydrogen-bond donors (Lipinski definition) is 6. The van der Waals surface area contributed by atoms with Crippen LogP contribution in [0.5, 0.6) is 0 Å². The number of benzene rings is 2. The number of hydrogen-bond acceptors (Lipinski definition) is 7. The second kappa shape index (κ2) is 9.65. The number of halogens is 1. The molecule has 0 unspecified atom stereocenters. The molecule has 0 saturated heterocycles. The third-order valence-electron chi connectivity index (χ3n) is 4.16. The summed E-state index contributed by atoms with van der Waals surface area (Å²) in [5.41, 5.74) is 3.22. The Hall–Kier alpha value is -3.46. The van der Waals surface area contributed by atoms with Crippen molar-refractivity contribution in [1.82, 2.24) is 10.6 Å². The van der Waals surface area contributed by atoms with Crippen molar-refractivity contribution in [2.24, 2.45) is 9.98 Å². The number of carbonyl (C=O) groups is 1. The highest BCUT2D eigenvalue weighted by molar-refractivity contribution is 6.00. The highest BCUT2D eigenvalue weighted by Gasteiger charge is 2.07. The topological polar surface area (TPSA) is 114 Å². The highest BCUT2D eigenvalue weighted by Crippen LogP contribution is 2.16. The molecule has 2 aromatic rings. The van der Waals surface area contributed by atoms with E-state index < -0.39 is 0 Å². The van der Waals surface area contributed by atoms with Gasteiger partial charge < -0.3 is 31.9 Å². The summed E-state index contributed by atoms with van der Waals surface area (Å²) >= 11 is 0. The molecule has 0 aromatic heterocycles.